The third-order valence-corrected chi connectivity index (χ3v) is 1.50. The summed E-state index contributed by atoms with van der Waals surface area (Å²) in [5, 5.41) is 14.1. The zero-order valence-corrected chi connectivity index (χ0v) is 7.16. The molecular weight excluding hydrogens is 168 g/mol. The Bertz CT molecular complexity index is 267. The molecule has 0 aromatic rings. The Labute approximate surface area is 76.6 Å². The van der Waals surface area contributed by atoms with Crippen LogP contribution in [0.15, 0.2) is 36.2 Å². The van der Waals surface area contributed by atoms with Gasteiger partial charge < -0.3 is 15.7 Å². The standard InChI is InChI=1S/C9H12N2O2/c12-9(13)7-11-6-8-2-1-4-10-5-3-8/h1-5,10-11H,6-7H2,(H,12,13). The second kappa shape index (κ2) is 5.16. The average Bonchev–Trinajstić information content (AvgIpc) is 2.32. The van der Waals surface area contributed by atoms with Crippen LogP contribution in [0.2, 0.25) is 0 Å². The molecule has 0 aromatic heterocycles. The third kappa shape index (κ3) is 4.12. The largest absolute Gasteiger partial charge is 0.480 e. The van der Waals surface area contributed by atoms with E-state index in [1.54, 1.807) is 12.4 Å². The first kappa shape index (κ1) is 9.54. The Morgan fingerprint density at radius 2 is 2.38 bits per heavy atom. The fourth-order valence-corrected chi connectivity index (χ4v) is 0.925. The lowest BCUT2D eigenvalue weighted by molar-refractivity contribution is -0.135. The molecule has 0 aliphatic carbocycles. The van der Waals surface area contributed by atoms with E-state index in [0.717, 1.165) is 5.57 Å². The van der Waals surface area contributed by atoms with Gasteiger partial charge in [0.2, 0.25) is 0 Å². The first-order valence-electron chi connectivity index (χ1n) is 4.00. The number of carboxylic acid groups (broad SMARTS) is 1. The summed E-state index contributed by atoms with van der Waals surface area (Å²) in [6, 6.07) is 0. The maximum absolute atomic E-state index is 10.2. The summed E-state index contributed by atoms with van der Waals surface area (Å²) in [4.78, 5) is 10.2. The molecule has 0 saturated carbocycles. The van der Waals surface area contributed by atoms with Gasteiger partial charge in [-0.3, -0.25) is 4.79 Å². The number of nitrogens with one attached hydrogen (secondary N) is 2. The van der Waals surface area contributed by atoms with Crippen molar-refractivity contribution in [3.05, 3.63) is 36.2 Å². The van der Waals surface area contributed by atoms with Gasteiger partial charge in [-0.25, -0.2) is 0 Å². The van der Waals surface area contributed by atoms with Gasteiger partial charge in [0.05, 0.1) is 6.54 Å². The molecule has 0 saturated heterocycles. The molecule has 70 valence electrons. The molecule has 0 fully saturated rings. The molecule has 0 bridgehead atoms. The minimum atomic E-state index is -0.841. The van der Waals surface area contributed by atoms with Crippen LogP contribution in [0.1, 0.15) is 0 Å². The molecule has 0 unspecified atom stereocenters. The van der Waals surface area contributed by atoms with Gasteiger partial charge in [-0.15, -0.1) is 0 Å². The van der Waals surface area contributed by atoms with Crippen molar-refractivity contribution in [2.75, 3.05) is 13.1 Å². The van der Waals surface area contributed by atoms with Crippen molar-refractivity contribution in [3.63, 3.8) is 0 Å². The van der Waals surface area contributed by atoms with Gasteiger partial charge in [0.25, 0.3) is 0 Å². The van der Waals surface area contributed by atoms with Crippen LogP contribution in [0.25, 0.3) is 0 Å². The molecule has 0 spiro atoms. The average molecular weight is 180 g/mol. The first-order chi connectivity index (χ1) is 6.29. The van der Waals surface area contributed by atoms with Gasteiger partial charge in [-0.1, -0.05) is 6.08 Å². The quantitative estimate of drug-likeness (QED) is 0.579. The summed E-state index contributed by atoms with van der Waals surface area (Å²) in [6.45, 7) is 0.553. The molecule has 1 aliphatic rings. The second-order valence-corrected chi connectivity index (χ2v) is 2.60. The Balaban J connectivity index is 2.31. The molecule has 4 nitrogen and oxygen atoms in total. The normalized spacial score (nSPS) is 14.6. The molecule has 1 aliphatic heterocycles. The summed E-state index contributed by atoms with van der Waals surface area (Å²) in [6.07, 6.45) is 9.30. The highest BCUT2D eigenvalue weighted by Gasteiger charge is 1.96. The maximum Gasteiger partial charge on any atom is 0.317 e. The molecule has 0 atom stereocenters. The van der Waals surface area contributed by atoms with Gasteiger partial charge in [0, 0.05) is 18.9 Å². The van der Waals surface area contributed by atoms with Gasteiger partial charge in [0.15, 0.2) is 0 Å². The lowest BCUT2D eigenvalue weighted by Gasteiger charge is -2.00. The molecule has 0 amide bonds. The van der Waals surface area contributed by atoms with E-state index in [-0.39, 0.29) is 6.54 Å². The van der Waals surface area contributed by atoms with E-state index in [0.29, 0.717) is 6.54 Å². The van der Waals surface area contributed by atoms with Crippen molar-refractivity contribution in [3.8, 4) is 0 Å². The minimum absolute atomic E-state index is 0.0116. The molecule has 1 rings (SSSR count). The van der Waals surface area contributed by atoms with Crippen LogP contribution in [0.4, 0.5) is 0 Å². The predicted octanol–water partition coefficient (Wildman–Crippen LogP) is 0.218. The van der Waals surface area contributed by atoms with Crippen LogP contribution < -0.4 is 10.6 Å². The van der Waals surface area contributed by atoms with Gasteiger partial charge >= 0.3 is 5.97 Å². The van der Waals surface area contributed by atoms with Crippen LogP contribution in [0, 0.1) is 0 Å². The highest BCUT2D eigenvalue weighted by atomic mass is 16.4. The summed E-state index contributed by atoms with van der Waals surface area (Å²) < 4.78 is 0. The fraction of sp³-hybridized carbons (Fsp3) is 0.222. The van der Waals surface area contributed by atoms with Crippen LogP contribution in [-0.4, -0.2) is 24.2 Å². The molecular formula is C9H12N2O2. The molecule has 0 radical (unpaired) electrons. The maximum atomic E-state index is 10.2. The van der Waals surface area contributed by atoms with Crippen LogP contribution >= 0.6 is 0 Å². The Morgan fingerprint density at radius 1 is 1.54 bits per heavy atom. The lowest BCUT2D eigenvalue weighted by atomic mass is 10.2. The first-order valence-corrected chi connectivity index (χ1v) is 4.00. The predicted molar refractivity (Wildman–Crippen MR) is 50.0 cm³/mol. The zero-order valence-electron chi connectivity index (χ0n) is 7.16. The number of carbonyl (C=O) groups is 1. The molecule has 3 N–H and O–H groups in total. The van der Waals surface area contributed by atoms with E-state index in [9.17, 15) is 4.79 Å². The summed E-state index contributed by atoms with van der Waals surface area (Å²) in [5.74, 6) is -0.841. The highest BCUT2D eigenvalue weighted by molar-refractivity contribution is 5.69. The van der Waals surface area contributed by atoms with E-state index in [1.165, 1.54) is 0 Å². The van der Waals surface area contributed by atoms with E-state index in [4.69, 9.17) is 5.11 Å². The van der Waals surface area contributed by atoms with Crippen molar-refractivity contribution in [1.29, 1.82) is 0 Å². The van der Waals surface area contributed by atoms with Crippen molar-refractivity contribution >= 4 is 5.97 Å². The summed E-state index contributed by atoms with van der Waals surface area (Å²) >= 11 is 0. The lowest BCUT2D eigenvalue weighted by Crippen LogP contribution is -2.24. The number of hydrogen-bond acceptors (Lipinski definition) is 3. The smallest absolute Gasteiger partial charge is 0.317 e. The van der Waals surface area contributed by atoms with Gasteiger partial charge in [-0.2, -0.15) is 0 Å². The number of hydrogen-bond donors (Lipinski definition) is 3. The SMILES string of the molecule is O=C(O)CNCC1=CC=CNC=C1. The summed E-state index contributed by atoms with van der Waals surface area (Å²) in [5.41, 5.74) is 1.04. The Hall–Kier alpha value is -1.55. The third-order valence-electron chi connectivity index (χ3n) is 1.50. The Kier molecular flexibility index (Phi) is 3.78. The topological polar surface area (TPSA) is 61.4 Å². The van der Waals surface area contributed by atoms with Gasteiger partial charge in [-0.05, 0) is 17.7 Å². The van der Waals surface area contributed by atoms with Crippen LogP contribution in [0.5, 0.6) is 0 Å². The highest BCUT2D eigenvalue weighted by Crippen LogP contribution is 1.97. The molecule has 13 heavy (non-hydrogen) atoms. The number of allylic oxidation sites excluding steroid dienone is 2. The second-order valence-electron chi connectivity index (χ2n) is 2.60. The van der Waals surface area contributed by atoms with Crippen molar-refractivity contribution in [2.45, 2.75) is 0 Å². The van der Waals surface area contributed by atoms with Crippen molar-refractivity contribution < 1.29 is 9.90 Å². The van der Waals surface area contributed by atoms with Crippen LogP contribution in [0.3, 0.4) is 0 Å². The van der Waals surface area contributed by atoms with Crippen LogP contribution in [-0.2, 0) is 4.79 Å². The van der Waals surface area contributed by atoms with E-state index >= 15 is 0 Å². The summed E-state index contributed by atoms with van der Waals surface area (Å²) in [7, 11) is 0. The molecule has 0 aromatic carbocycles. The number of rotatable bonds is 4. The number of aliphatic carboxylic acids is 1. The zero-order chi connectivity index (χ0) is 9.52. The van der Waals surface area contributed by atoms with E-state index in [1.807, 2.05) is 18.2 Å². The Morgan fingerprint density at radius 3 is 3.15 bits per heavy atom. The van der Waals surface area contributed by atoms with Gasteiger partial charge in [0.1, 0.15) is 0 Å². The molecule has 4 heteroatoms. The molecule has 1 heterocycles. The van der Waals surface area contributed by atoms with E-state index < -0.39 is 5.97 Å². The number of carboxylic acids is 1. The van der Waals surface area contributed by atoms with Crippen molar-refractivity contribution in [2.24, 2.45) is 0 Å². The monoisotopic (exact) mass is 180 g/mol. The minimum Gasteiger partial charge on any atom is -0.480 e. The fourth-order valence-electron chi connectivity index (χ4n) is 0.925. The van der Waals surface area contributed by atoms with Crippen molar-refractivity contribution in [1.82, 2.24) is 10.6 Å². The van der Waals surface area contributed by atoms with E-state index in [2.05, 4.69) is 10.6 Å².